The van der Waals surface area contributed by atoms with Crippen molar-refractivity contribution in [2.75, 3.05) is 5.73 Å². The Labute approximate surface area is 130 Å². The van der Waals surface area contributed by atoms with Gasteiger partial charge in [0.25, 0.3) is 0 Å². The summed E-state index contributed by atoms with van der Waals surface area (Å²) in [6.45, 7) is 3.90. The predicted octanol–water partition coefficient (Wildman–Crippen LogP) is -0.255. The molecule has 126 valence electrons. The van der Waals surface area contributed by atoms with Crippen molar-refractivity contribution in [1.29, 1.82) is 0 Å². The molecule has 2 rings (SSSR count). The van der Waals surface area contributed by atoms with E-state index in [1.807, 2.05) is 0 Å². The van der Waals surface area contributed by atoms with Crippen LogP contribution in [0.15, 0.2) is 11.0 Å². The first-order chi connectivity index (χ1) is 10.7. The highest BCUT2D eigenvalue weighted by atomic mass is 19.1. The van der Waals surface area contributed by atoms with Crippen molar-refractivity contribution in [3.63, 3.8) is 0 Å². The van der Waals surface area contributed by atoms with Crippen molar-refractivity contribution in [1.82, 2.24) is 9.55 Å². The molecule has 1 aliphatic rings. The fourth-order valence-corrected chi connectivity index (χ4v) is 2.34. The maximum atomic E-state index is 13.6. The Morgan fingerprint density at radius 3 is 2.43 bits per heavy atom. The van der Waals surface area contributed by atoms with E-state index >= 15 is 0 Å². The van der Waals surface area contributed by atoms with E-state index in [4.69, 9.17) is 19.9 Å². The molecule has 9 nitrogen and oxygen atoms in total. The maximum absolute atomic E-state index is 13.6. The fourth-order valence-electron chi connectivity index (χ4n) is 2.34. The zero-order valence-electron chi connectivity index (χ0n) is 12.7. The standard InChI is InChI=1S/C13H16FN3O6/c1-5-9(22-6(2)18)10(23-7(3)19)12(21-5)17-4-8(14)11(15)16-13(17)20/h4-5,9-10,12H,1-3H3,(H2,15,16,20)/t5-,9?,10+,12-/m1/s1. The van der Waals surface area contributed by atoms with Crippen LogP contribution in [-0.4, -0.2) is 39.8 Å². The van der Waals surface area contributed by atoms with Crippen molar-refractivity contribution >= 4 is 17.8 Å². The lowest BCUT2D eigenvalue weighted by atomic mass is 10.1. The minimum Gasteiger partial charge on any atom is -0.456 e. The number of aromatic nitrogens is 2. The Morgan fingerprint density at radius 2 is 1.87 bits per heavy atom. The number of nitrogen functional groups attached to an aromatic ring is 1. The van der Waals surface area contributed by atoms with Gasteiger partial charge in [-0.15, -0.1) is 0 Å². The number of nitrogens with two attached hydrogens (primary N) is 1. The molecule has 0 radical (unpaired) electrons. The molecule has 4 atom stereocenters. The van der Waals surface area contributed by atoms with Crippen molar-refractivity contribution in [3.05, 3.63) is 22.5 Å². The van der Waals surface area contributed by atoms with Crippen LogP contribution in [0.25, 0.3) is 0 Å². The molecule has 10 heteroatoms. The summed E-state index contributed by atoms with van der Waals surface area (Å²) in [7, 11) is 0. The summed E-state index contributed by atoms with van der Waals surface area (Å²) < 4.78 is 30.1. The number of nitrogens with zero attached hydrogens (tertiary/aromatic N) is 2. The molecule has 0 aromatic carbocycles. The number of esters is 2. The largest absolute Gasteiger partial charge is 0.456 e. The third-order valence-electron chi connectivity index (χ3n) is 3.23. The van der Waals surface area contributed by atoms with Crippen LogP contribution in [0, 0.1) is 5.82 Å². The third kappa shape index (κ3) is 3.47. The van der Waals surface area contributed by atoms with Gasteiger partial charge in [0.05, 0.1) is 12.3 Å². The predicted molar refractivity (Wildman–Crippen MR) is 73.6 cm³/mol. The summed E-state index contributed by atoms with van der Waals surface area (Å²) >= 11 is 0. The highest BCUT2D eigenvalue weighted by molar-refractivity contribution is 5.67. The van der Waals surface area contributed by atoms with E-state index in [9.17, 15) is 18.8 Å². The van der Waals surface area contributed by atoms with Gasteiger partial charge in [-0.1, -0.05) is 0 Å². The minimum absolute atomic E-state index is 0.558. The van der Waals surface area contributed by atoms with Crippen LogP contribution in [0.3, 0.4) is 0 Å². The quantitative estimate of drug-likeness (QED) is 0.753. The number of rotatable bonds is 3. The molecule has 1 saturated heterocycles. The van der Waals surface area contributed by atoms with Crippen LogP contribution in [0.5, 0.6) is 0 Å². The summed E-state index contributed by atoms with van der Waals surface area (Å²) in [4.78, 5) is 37.8. The smallest absolute Gasteiger partial charge is 0.351 e. The molecule has 1 aliphatic heterocycles. The van der Waals surface area contributed by atoms with Gasteiger partial charge in [0.15, 0.2) is 30.1 Å². The second-order valence-electron chi connectivity index (χ2n) is 5.04. The third-order valence-corrected chi connectivity index (χ3v) is 3.23. The second-order valence-corrected chi connectivity index (χ2v) is 5.04. The van der Waals surface area contributed by atoms with Crippen LogP contribution in [-0.2, 0) is 23.8 Å². The van der Waals surface area contributed by atoms with Gasteiger partial charge in [-0.2, -0.15) is 4.98 Å². The van der Waals surface area contributed by atoms with Crippen molar-refractivity contribution in [3.8, 4) is 0 Å². The molecule has 0 bridgehead atoms. The lowest BCUT2D eigenvalue weighted by Gasteiger charge is -2.23. The van der Waals surface area contributed by atoms with E-state index in [1.165, 1.54) is 6.92 Å². The zero-order valence-corrected chi connectivity index (χ0v) is 12.7. The number of hydrogen-bond acceptors (Lipinski definition) is 8. The van der Waals surface area contributed by atoms with Gasteiger partial charge in [0.2, 0.25) is 0 Å². The lowest BCUT2D eigenvalue weighted by molar-refractivity contribution is -0.165. The van der Waals surface area contributed by atoms with Gasteiger partial charge in [-0.05, 0) is 6.92 Å². The summed E-state index contributed by atoms with van der Waals surface area (Å²) in [6.07, 6.45) is -3.17. The summed E-state index contributed by atoms with van der Waals surface area (Å²) in [5.74, 6) is -2.78. The molecule has 0 amide bonds. The Hall–Kier alpha value is -2.49. The molecule has 1 aromatic rings. The summed E-state index contributed by atoms with van der Waals surface area (Å²) in [5, 5.41) is 0. The van der Waals surface area contributed by atoms with E-state index < -0.39 is 53.8 Å². The Morgan fingerprint density at radius 1 is 1.30 bits per heavy atom. The van der Waals surface area contributed by atoms with Gasteiger partial charge in [-0.3, -0.25) is 14.2 Å². The lowest BCUT2D eigenvalue weighted by Crippen LogP contribution is -2.40. The van der Waals surface area contributed by atoms with Crippen LogP contribution in [0.4, 0.5) is 10.2 Å². The Balaban J connectivity index is 2.43. The average Bonchev–Trinajstić information content (AvgIpc) is 2.70. The first-order valence-electron chi connectivity index (χ1n) is 6.74. The second kappa shape index (κ2) is 6.32. The minimum atomic E-state index is -1.20. The zero-order chi connectivity index (χ0) is 17.3. The van der Waals surface area contributed by atoms with Crippen molar-refractivity contribution in [2.24, 2.45) is 0 Å². The molecule has 1 fully saturated rings. The summed E-state index contributed by atoms with van der Waals surface area (Å²) in [5.41, 5.74) is 4.34. The van der Waals surface area contributed by atoms with Gasteiger partial charge in [-0.25, -0.2) is 9.18 Å². The number of carbonyl (C=O) groups is 2. The molecule has 1 unspecified atom stereocenters. The number of ether oxygens (including phenoxy) is 3. The monoisotopic (exact) mass is 329 g/mol. The van der Waals surface area contributed by atoms with Gasteiger partial charge >= 0.3 is 17.6 Å². The first kappa shape index (κ1) is 16.9. The van der Waals surface area contributed by atoms with Crippen molar-refractivity contribution in [2.45, 2.75) is 45.3 Å². The SMILES string of the molecule is CC(=O)OC1[C@@H](C)O[C@@H](n2cc(F)c(N)nc2=O)[C@H]1OC(C)=O. The van der Waals surface area contributed by atoms with Crippen LogP contribution in [0.1, 0.15) is 27.0 Å². The first-order valence-corrected chi connectivity index (χ1v) is 6.74. The Bertz CT molecular complexity index is 691. The maximum Gasteiger partial charge on any atom is 0.351 e. The highest BCUT2D eigenvalue weighted by Gasteiger charge is 2.48. The number of carbonyl (C=O) groups excluding carboxylic acids is 2. The molecule has 0 spiro atoms. The molecule has 0 saturated carbocycles. The molecular formula is C13H16FN3O6. The van der Waals surface area contributed by atoms with Crippen molar-refractivity contribution < 1.29 is 28.2 Å². The van der Waals surface area contributed by atoms with Gasteiger partial charge in [0, 0.05) is 13.8 Å². The van der Waals surface area contributed by atoms with E-state index in [0.29, 0.717) is 0 Å². The van der Waals surface area contributed by atoms with E-state index in [0.717, 1.165) is 17.7 Å². The number of hydrogen-bond donors (Lipinski definition) is 1. The molecule has 2 N–H and O–H groups in total. The van der Waals surface area contributed by atoms with E-state index in [2.05, 4.69) is 4.98 Å². The van der Waals surface area contributed by atoms with Crippen LogP contribution in [0.2, 0.25) is 0 Å². The van der Waals surface area contributed by atoms with Crippen LogP contribution >= 0.6 is 0 Å². The normalized spacial score (nSPS) is 26.8. The Kier molecular flexibility index (Phi) is 4.64. The number of anilines is 1. The van der Waals surface area contributed by atoms with Gasteiger partial charge in [0.1, 0.15) is 0 Å². The number of halogens is 1. The highest BCUT2D eigenvalue weighted by Crippen LogP contribution is 2.33. The molecule has 0 aliphatic carbocycles. The van der Waals surface area contributed by atoms with E-state index in [-0.39, 0.29) is 0 Å². The topological polar surface area (TPSA) is 123 Å². The molecule has 1 aromatic heterocycles. The summed E-state index contributed by atoms with van der Waals surface area (Å²) in [6, 6.07) is 0. The molecule has 23 heavy (non-hydrogen) atoms. The van der Waals surface area contributed by atoms with Gasteiger partial charge < -0.3 is 19.9 Å². The molecular weight excluding hydrogens is 313 g/mol. The van der Waals surface area contributed by atoms with E-state index in [1.54, 1.807) is 6.92 Å². The molecule has 2 heterocycles. The average molecular weight is 329 g/mol. The van der Waals surface area contributed by atoms with Crippen LogP contribution < -0.4 is 11.4 Å². The fraction of sp³-hybridized carbons (Fsp3) is 0.538.